The Morgan fingerprint density at radius 2 is 1.82 bits per heavy atom. The highest BCUT2D eigenvalue weighted by atomic mass is 16.5. The molecule has 1 heterocycles. The van der Waals surface area contributed by atoms with Crippen LogP contribution in [-0.4, -0.2) is 56.9 Å². The summed E-state index contributed by atoms with van der Waals surface area (Å²) in [5.74, 6) is -0.854. The van der Waals surface area contributed by atoms with Crippen molar-refractivity contribution in [1.82, 2.24) is 0 Å². The van der Waals surface area contributed by atoms with Crippen LogP contribution in [0.3, 0.4) is 0 Å². The quantitative estimate of drug-likeness (QED) is 0.358. The molecule has 0 unspecified atom stereocenters. The number of aliphatic hydroxyl groups is 3. The standard InChI is InChI=1S/C22H34O6/c1-2-3-4-5-6-8-11-17(23)14-15-20-19(25)16-21(28-20)18(24)12-9-7-10-13-22(26)27/h3-4,6-9,14-15,17-21,23-25H,2,5,10-13,16H2,1H3,(H,26,27)/b4-3-,8-6-,9-7-,15-14+/t17-,18+,19-,20+,21+/m1/s1. The summed E-state index contributed by atoms with van der Waals surface area (Å²) >= 11 is 0. The molecule has 0 aromatic carbocycles. The van der Waals surface area contributed by atoms with E-state index in [1.165, 1.54) is 0 Å². The van der Waals surface area contributed by atoms with E-state index in [2.05, 4.69) is 19.1 Å². The number of carboxylic acid groups (broad SMARTS) is 1. The maximum atomic E-state index is 10.4. The zero-order valence-electron chi connectivity index (χ0n) is 16.6. The lowest BCUT2D eigenvalue weighted by atomic mass is 10.0. The molecule has 1 aliphatic heterocycles. The number of hydrogen-bond acceptors (Lipinski definition) is 5. The third kappa shape index (κ3) is 10.6. The van der Waals surface area contributed by atoms with Crippen LogP contribution in [0.5, 0.6) is 0 Å². The van der Waals surface area contributed by atoms with E-state index in [1.54, 1.807) is 24.3 Å². The molecule has 5 atom stereocenters. The Balaban J connectivity index is 2.34. The summed E-state index contributed by atoms with van der Waals surface area (Å²) < 4.78 is 5.70. The van der Waals surface area contributed by atoms with Crippen molar-refractivity contribution in [2.24, 2.45) is 0 Å². The SMILES string of the molecule is CC/C=C\C/C=C\C[C@@H](O)/C=C/[C@@H]1O[C@H]([C@@H](O)C/C=C\CCC(=O)O)C[C@H]1O. The monoisotopic (exact) mass is 394 g/mol. The Hall–Kier alpha value is -1.73. The number of hydrogen-bond donors (Lipinski definition) is 4. The molecule has 1 rings (SSSR count). The second-order valence-corrected chi connectivity index (χ2v) is 6.92. The maximum Gasteiger partial charge on any atom is 0.303 e. The highest BCUT2D eigenvalue weighted by Gasteiger charge is 2.35. The summed E-state index contributed by atoms with van der Waals surface area (Å²) in [5.41, 5.74) is 0. The molecule has 4 N–H and O–H groups in total. The number of aliphatic carboxylic acids is 1. The minimum atomic E-state index is -0.854. The summed E-state index contributed by atoms with van der Waals surface area (Å²) in [5, 5.41) is 38.9. The van der Waals surface area contributed by atoms with E-state index in [4.69, 9.17) is 9.84 Å². The van der Waals surface area contributed by atoms with E-state index < -0.39 is 36.5 Å². The van der Waals surface area contributed by atoms with Crippen molar-refractivity contribution in [2.75, 3.05) is 0 Å². The fourth-order valence-electron chi connectivity index (χ4n) is 2.84. The normalized spacial score (nSPS) is 25.5. The Morgan fingerprint density at radius 1 is 1.11 bits per heavy atom. The van der Waals surface area contributed by atoms with Crippen molar-refractivity contribution < 1.29 is 30.0 Å². The molecule has 0 amide bonds. The van der Waals surface area contributed by atoms with Crippen LogP contribution in [0.25, 0.3) is 0 Å². The lowest BCUT2D eigenvalue weighted by Crippen LogP contribution is -2.25. The first-order valence-electron chi connectivity index (χ1n) is 9.98. The summed E-state index contributed by atoms with van der Waals surface area (Å²) in [6.45, 7) is 2.08. The Morgan fingerprint density at radius 3 is 2.54 bits per heavy atom. The van der Waals surface area contributed by atoms with Gasteiger partial charge in [0.2, 0.25) is 0 Å². The fourth-order valence-corrected chi connectivity index (χ4v) is 2.84. The zero-order valence-corrected chi connectivity index (χ0v) is 16.6. The Kier molecular flexibility index (Phi) is 12.4. The highest BCUT2D eigenvalue weighted by Crippen LogP contribution is 2.25. The van der Waals surface area contributed by atoms with E-state index in [1.807, 2.05) is 12.2 Å². The van der Waals surface area contributed by atoms with Gasteiger partial charge in [0.15, 0.2) is 0 Å². The Labute approximate surface area is 167 Å². The Bertz CT molecular complexity index is 551. The fraction of sp³-hybridized carbons (Fsp3) is 0.591. The van der Waals surface area contributed by atoms with Crippen LogP contribution in [0.2, 0.25) is 0 Å². The van der Waals surface area contributed by atoms with Gasteiger partial charge < -0.3 is 25.2 Å². The molecule has 1 aliphatic rings. The summed E-state index contributed by atoms with van der Waals surface area (Å²) in [4.78, 5) is 10.4. The predicted molar refractivity (Wildman–Crippen MR) is 109 cm³/mol. The van der Waals surface area contributed by atoms with Crippen LogP contribution in [0.4, 0.5) is 0 Å². The zero-order chi connectivity index (χ0) is 20.8. The predicted octanol–water partition coefficient (Wildman–Crippen LogP) is 2.90. The molecule has 1 fully saturated rings. The van der Waals surface area contributed by atoms with Gasteiger partial charge in [0, 0.05) is 12.8 Å². The molecule has 0 aliphatic carbocycles. The van der Waals surface area contributed by atoms with Crippen LogP contribution in [0.15, 0.2) is 48.6 Å². The molecule has 28 heavy (non-hydrogen) atoms. The number of allylic oxidation sites excluding steroid dienone is 4. The van der Waals surface area contributed by atoms with Gasteiger partial charge in [0.05, 0.1) is 24.4 Å². The molecule has 158 valence electrons. The van der Waals surface area contributed by atoms with E-state index in [0.29, 0.717) is 25.7 Å². The van der Waals surface area contributed by atoms with Crippen molar-refractivity contribution in [3.05, 3.63) is 48.6 Å². The van der Waals surface area contributed by atoms with Crippen LogP contribution in [0.1, 0.15) is 51.9 Å². The average Bonchev–Trinajstić information content (AvgIpc) is 3.03. The molecular formula is C22H34O6. The van der Waals surface area contributed by atoms with Gasteiger partial charge in [-0.15, -0.1) is 0 Å². The summed E-state index contributed by atoms with van der Waals surface area (Å²) in [6.07, 6.45) is 15.1. The van der Waals surface area contributed by atoms with Crippen molar-refractivity contribution >= 4 is 5.97 Å². The molecule has 6 nitrogen and oxygen atoms in total. The van der Waals surface area contributed by atoms with Crippen LogP contribution in [-0.2, 0) is 9.53 Å². The molecule has 0 saturated carbocycles. The lowest BCUT2D eigenvalue weighted by Gasteiger charge is -2.16. The molecule has 6 heteroatoms. The van der Waals surface area contributed by atoms with Gasteiger partial charge in [0.1, 0.15) is 6.10 Å². The van der Waals surface area contributed by atoms with Crippen LogP contribution < -0.4 is 0 Å². The number of carbonyl (C=O) groups is 1. The van der Waals surface area contributed by atoms with E-state index in [0.717, 1.165) is 12.8 Å². The molecule has 0 radical (unpaired) electrons. The first-order valence-corrected chi connectivity index (χ1v) is 9.98. The van der Waals surface area contributed by atoms with E-state index in [9.17, 15) is 20.1 Å². The van der Waals surface area contributed by atoms with Gasteiger partial charge >= 0.3 is 5.97 Å². The minimum absolute atomic E-state index is 0.0606. The second-order valence-electron chi connectivity index (χ2n) is 6.92. The minimum Gasteiger partial charge on any atom is -0.481 e. The van der Waals surface area contributed by atoms with E-state index >= 15 is 0 Å². The molecule has 0 spiro atoms. The first kappa shape index (κ1) is 24.3. The summed E-state index contributed by atoms with van der Waals surface area (Å²) in [7, 11) is 0. The smallest absolute Gasteiger partial charge is 0.303 e. The average molecular weight is 395 g/mol. The van der Waals surface area contributed by atoms with Crippen LogP contribution >= 0.6 is 0 Å². The van der Waals surface area contributed by atoms with Gasteiger partial charge in [-0.25, -0.2) is 0 Å². The largest absolute Gasteiger partial charge is 0.481 e. The van der Waals surface area contributed by atoms with Crippen molar-refractivity contribution in [3.8, 4) is 0 Å². The van der Waals surface area contributed by atoms with Gasteiger partial charge in [-0.1, -0.05) is 55.5 Å². The topological polar surface area (TPSA) is 107 Å². The van der Waals surface area contributed by atoms with E-state index in [-0.39, 0.29) is 6.42 Å². The van der Waals surface area contributed by atoms with Gasteiger partial charge in [0.25, 0.3) is 0 Å². The van der Waals surface area contributed by atoms with Crippen molar-refractivity contribution in [3.63, 3.8) is 0 Å². The third-order valence-electron chi connectivity index (χ3n) is 4.42. The lowest BCUT2D eigenvalue weighted by molar-refractivity contribution is -0.136. The molecule has 1 saturated heterocycles. The molecule has 0 aromatic rings. The van der Waals surface area contributed by atoms with Crippen LogP contribution in [0, 0.1) is 0 Å². The second kappa shape index (κ2) is 14.3. The third-order valence-corrected chi connectivity index (χ3v) is 4.42. The number of carboxylic acids is 1. The molecule has 0 bridgehead atoms. The molecular weight excluding hydrogens is 360 g/mol. The van der Waals surface area contributed by atoms with Gasteiger partial charge in [-0.2, -0.15) is 0 Å². The number of rotatable bonds is 13. The number of ether oxygens (including phenoxy) is 1. The van der Waals surface area contributed by atoms with Crippen molar-refractivity contribution in [2.45, 2.75) is 82.4 Å². The highest BCUT2D eigenvalue weighted by molar-refractivity contribution is 5.66. The molecule has 0 aromatic heterocycles. The van der Waals surface area contributed by atoms with Gasteiger partial charge in [-0.3, -0.25) is 4.79 Å². The van der Waals surface area contributed by atoms with Gasteiger partial charge in [-0.05, 0) is 32.1 Å². The number of aliphatic hydroxyl groups excluding tert-OH is 3. The van der Waals surface area contributed by atoms with Crippen molar-refractivity contribution in [1.29, 1.82) is 0 Å². The summed E-state index contributed by atoms with van der Waals surface area (Å²) in [6, 6.07) is 0. The first-order chi connectivity index (χ1) is 13.4. The maximum absolute atomic E-state index is 10.4.